The zero-order valence-electron chi connectivity index (χ0n) is 16.8. The van der Waals surface area contributed by atoms with Crippen LogP contribution in [0.4, 0.5) is 0 Å². The third-order valence-corrected chi connectivity index (χ3v) is 5.08. The first-order chi connectivity index (χ1) is 13.4. The molecule has 1 aliphatic heterocycles. The van der Waals surface area contributed by atoms with Crippen LogP contribution in [0.15, 0.2) is 42.6 Å². The fraction of sp³-hybridized carbons (Fsp3) is 0.435. The molecule has 2 aromatic carbocycles. The molecule has 4 rings (SSSR count). The monoisotopic (exact) mass is 380 g/mol. The minimum atomic E-state index is -0.165. The Morgan fingerprint density at radius 2 is 2.04 bits per heavy atom. The summed E-state index contributed by atoms with van der Waals surface area (Å²) in [6, 6.07) is 12.2. The summed E-state index contributed by atoms with van der Waals surface area (Å²) < 4.78 is 12.6. The Morgan fingerprint density at radius 1 is 1.25 bits per heavy atom. The summed E-state index contributed by atoms with van der Waals surface area (Å²) in [6.07, 6.45) is 4.10. The summed E-state index contributed by atoms with van der Waals surface area (Å²) in [5.74, 6) is 0.297. The van der Waals surface area contributed by atoms with Gasteiger partial charge < -0.3 is 14.6 Å². The van der Waals surface area contributed by atoms with Crippen LogP contribution in [0.2, 0.25) is 0 Å². The molecule has 1 N–H and O–H groups in total. The average Bonchev–Trinajstić information content (AvgIpc) is 3.37. The number of ether oxygens (including phenoxy) is 2. The van der Waals surface area contributed by atoms with Gasteiger partial charge in [0.25, 0.3) is 0 Å². The number of phenolic OH excluding ortho intramolecular Hbond substituents is 1. The van der Waals surface area contributed by atoms with Gasteiger partial charge in [-0.25, -0.2) is 4.68 Å². The van der Waals surface area contributed by atoms with Crippen molar-refractivity contribution in [2.24, 2.45) is 0 Å². The predicted molar refractivity (Wildman–Crippen MR) is 110 cm³/mol. The molecular formula is C23H28N2O3. The third-order valence-electron chi connectivity index (χ3n) is 5.08. The predicted octanol–water partition coefficient (Wildman–Crippen LogP) is 4.38. The van der Waals surface area contributed by atoms with Gasteiger partial charge in [-0.1, -0.05) is 45.0 Å². The Morgan fingerprint density at radius 3 is 2.75 bits per heavy atom. The molecule has 0 bridgehead atoms. The number of epoxide rings is 1. The van der Waals surface area contributed by atoms with Crippen LogP contribution in [-0.4, -0.2) is 40.8 Å². The number of fused-ring (bicyclic) bond motifs is 1. The number of aromatic nitrogens is 2. The summed E-state index contributed by atoms with van der Waals surface area (Å²) in [7, 11) is 0. The molecule has 3 aromatic rings. The van der Waals surface area contributed by atoms with Crippen LogP contribution in [0.25, 0.3) is 16.6 Å². The van der Waals surface area contributed by atoms with Crippen molar-refractivity contribution in [2.45, 2.75) is 45.1 Å². The second-order valence-electron chi connectivity index (χ2n) is 8.53. The largest absolute Gasteiger partial charge is 0.505 e. The van der Waals surface area contributed by atoms with Crippen LogP contribution in [0.5, 0.6) is 5.75 Å². The van der Waals surface area contributed by atoms with E-state index in [0.717, 1.165) is 41.6 Å². The van der Waals surface area contributed by atoms with Gasteiger partial charge in [-0.3, -0.25) is 0 Å². The molecule has 148 valence electrons. The van der Waals surface area contributed by atoms with Crippen molar-refractivity contribution in [1.29, 1.82) is 0 Å². The lowest BCUT2D eigenvalue weighted by molar-refractivity contribution is 0.114. The molecule has 0 spiro atoms. The quantitative estimate of drug-likeness (QED) is 0.488. The molecular weight excluding hydrogens is 352 g/mol. The van der Waals surface area contributed by atoms with Crippen LogP contribution < -0.4 is 0 Å². The lowest BCUT2D eigenvalue weighted by Crippen LogP contribution is -2.14. The van der Waals surface area contributed by atoms with Gasteiger partial charge in [0.1, 0.15) is 17.5 Å². The highest BCUT2D eigenvalue weighted by atomic mass is 16.6. The van der Waals surface area contributed by atoms with Crippen LogP contribution in [0.1, 0.15) is 38.3 Å². The minimum Gasteiger partial charge on any atom is -0.505 e. The van der Waals surface area contributed by atoms with E-state index in [9.17, 15) is 5.11 Å². The Hall–Kier alpha value is -2.37. The maximum absolute atomic E-state index is 11.0. The van der Waals surface area contributed by atoms with Gasteiger partial charge in [0.05, 0.1) is 18.7 Å². The number of phenols is 1. The van der Waals surface area contributed by atoms with E-state index in [-0.39, 0.29) is 5.41 Å². The number of hydrogen-bond acceptors (Lipinski definition) is 4. The number of benzene rings is 2. The average molecular weight is 380 g/mol. The zero-order valence-corrected chi connectivity index (χ0v) is 16.8. The van der Waals surface area contributed by atoms with Gasteiger partial charge in [-0.15, -0.1) is 0 Å². The van der Waals surface area contributed by atoms with Crippen molar-refractivity contribution >= 4 is 10.9 Å². The van der Waals surface area contributed by atoms with Crippen LogP contribution >= 0.6 is 0 Å². The third kappa shape index (κ3) is 4.21. The summed E-state index contributed by atoms with van der Waals surface area (Å²) in [6.45, 7) is 8.59. The molecule has 1 fully saturated rings. The highest BCUT2D eigenvalue weighted by Crippen LogP contribution is 2.37. The molecule has 0 radical (unpaired) electrons. The number of rotatable bonds is 7. The van der Waals surface area contributed by atoms with Gasteiger partial charge >= 0.3 is 0 Å². The molecule has 0 aliphatic carbocycles. The van der Waals surface area contributed by atoms with Gasteiger partial charge in [-0.05, 0) is 36.0 Å². The van der Waals surface area contributed by atoms with Gasteiger partial charge in [0.15, 0.2) is 0 Å². The first-order valence-electron chi connectivity index (χ1n) is 9.92. The number of aryl methyl sites for hydroxylation is 1. The SMILES string of the molecule is CC(C)(C)c1cc(CCCOCC2CO2)cc(-n2cc3ccccc3n2)c1O. The Balaban J connectivity index is 1.61. The highest BCUT2D eigenvalue weighted by molar-refractivity contribution is 5.78. The minimum absolute atomic E-state index is 0.165. The maximum Gasteiger partial charge on any atom is 0.144 e. The number of hydrogen-bond donors (Lipinski definition) is 1. The zero-order chi connectivity index (χ0) is 19.7. The van der Waals surface area contributed by atoms with Crippen molar-refractivity contribution in [2.75, 3.05) is 19.8 Å². The topological polar surface area (TPSA) is 59.8 Å². The van der Waals surface area contributed by atoms with Crippen molar-refractivity contribution in [3.63, 3.8) is 0 Å². The lowest BCUT2D eigenvalue weighted by atomic mass is 9.84. The molecule has 5 nitrogen and oxygen atoms in total. The first-order valence-corrected chi connectivity index (χ1v) is 9.92. The molecule has 1 aliphatic rings. The summed E-state index contributed by atoms with van der Waals surface area (Å²) in [4.78, 5) is 0. The normalized spacial score (nSPS) is 16.6. The fourth-order valence-electron chi connectivity index (χ4n) is 3.41. The first kappa shape index (κ1) is 19.0. The van der Waals surface area contributed by atoms with Gasteiger partial charge in [0, 0.05) is 23.8 Å². The molecule has 1 aromatic heterocycles. The van der Waals surface area contributed by atoms with Gasteiger partial charge in [0.2, 0.25) is 0 Å². The number of aromatic hydroxyl groups is 1. The molecule has 1 atom stereocenters. The summed E-state index contributed by atoms with van der Waals surface area (Å²) in [5.41, 5.74) is 3.60. The van der Waals surface area contributed by atoms with E-state index in [1.807, 2.05) is 36.5 Å². The van der Waals surface area contributed by atoms with Gasteiger partial charge in [-0.2, -0.15) is 5.10 Å². The molecule has 0 saturated carbocycles. The van der Waals surface area contributed by atoms with E-state index in [0.29, 0.717) is 25.1 Å². The van der Waals surface area contributed by atoms with Crippen LogP contribution in [-0.2, 0) is 21.3 Å². The van der Waals surface area contributed by atoms with E-state index in [1.54, 1.807) is 4.68 Å². The number of nitrogens with zero attached hydrogens (tertiary/aromatic N) is 2. The molecule has 28 heavy (non-hydrogen) atoms. The van der Waals surface area contributed by atoms with Crippen molar-refractivity contribution in [3.05, 3.63) is 53.7 Å². The van der Waals surface area contributed by atoms with E-state index in [1.165, 1.54) is 5.56 Å². The Kier molecular flexibility index (Phi) is 5.13. The summed E-state index contributed by atoms with van der Waals surface area (Å²) in [5, 5.41) is 16.7. The lowest BCUT2D eigenvalue weighted by Gasteiger charge is -2.23. The van der Waals surface area contributed by atoms with E-state index >= 15 is 0 Å². The molecule has 0 amide bonds. The van der Waals surface area contributed by atoms with Crippen LogP contribution in [0.3, 0.4) is 0 Å². The standard InChI is InChI=1S/C23H28N2O3/c1-23(2,3)19-11-16(7-6-10-27-14-18-15-28-18)12-21(22(19)26)25-13-17-8-4-5-9-20(17)24-25/h4-5,8-9,11-13,18,26H,6-7,10,14-15H2,1-3H3. The molecule has 1 saturated heterocycles. The van der Waals surface area contributed by atoms with Crippen molar-refractivity contribution in [3.8, 4) is 11.4 Å². The van der Waals surface area contributed by atoms with Crippen molar-refractivity contribution in [1.82, 2.24) is 9.78 Å². The molecule has 2 heterocycles. The highest BCUT2D eigenvalue weighted by Gasteiger charge is 2.23. The Bertz CT molecular complexity index is 935. The molecule has 1 unspecified atom stereocenters. The fourth-order valence-corrected chi connectivity index (χ4v) is 3.41. The van der Waals surface area contributed by atoms with Crippen LogP contribution in [0, 0.1) is 0 Å². The molecule has 5 heteroatoms. The second kappa shape index (κ2) is 7.57. The van der Waals surface area contributed by atoms with E-state index < -0.39 is 0 Å². The van der Waals surface area contributed by atoms with E-state index in [2.05, 4.69) is 31.9 Å². The maximum atomic E-state index is 11.0. The Labute approximate surface area is 165 Å². The second-order valence-corrected chi connectivity index (χ2v) is 8.53. The van der Waals surface area contributed by atoms with Crippen molar-refractivity contribution < 1.29 is 14.6 Å². The van der Waals surface area contributed by atoms with E-state index in [4.69, 9.17) is 9.47 Å². The smallest absolute Gasteiger partial charge is 0.144 e. The summed E-state index contributed by atoms with van der Waals surface area (Å²) >= 11 is 0.